The van der Waals surface area contributed by atoms with Gasteiger partial charge in [0.05, 0.1) is 40.9 Å². The number of hydrogen-bond donors (Lipinski definition) is 3. The quantitative estimate of drug-likeness (QED) is 0.383. The third-order valence-electron chi connectivity index (χ3n) is 6.51. The van der Waals surface area contributed by atoms with Gasteiger partial charge in [0.15, 0.2) is 11.5 Å². The number of H-pyrrole nitrogens is 1. The summed E-state index contributed by atoms with van der Waals surface area (Å²) < 4.78 is 17.4. The van der Waals surface area contributed by atoms with Crippen molar-refractivity contribution in [3.05, 3.63) is 41.2 Å². The van der Waals surface area contributed by atoms with Gasteiger partial charge in [-0.2, -0.15) is 10.4 Å². The summed E-state index contributed by atoms with van der Waals surface area (Å²) in [7, 11) is 0. The maximum atomic E-state index is 15.7. The maximum Gasteiger partial charge on any atom is 0.228 e. The molecule has 4 aromatic rings. The van der Waals surface area contributed by atoms with E-state index >= 15 is 4.39 Å². The van der Waals surface area contributed by atoms with E-state index in [4.69, 9.17) is 11.6 Å². The van der Waals surface area contributed by atoms with Gasteiger partial charge >= 0.3 is 0 Å². The van der Waals surface area contributed by atoms with Crippen LogP contribution in [0.1, 0.15) is 44.2 Å². The molecule has 2 saturated carbocycles. The van der Waals surface area contributed by atoms with Gasteiger partial charge in [0.1, 0.15) is 11.4 Å². The van der Waals surface area contributed by atoms with E-state index in [1.54, 1.807) is 36.1 Å². The lowest BCUT2D eigenvalue weighted by Crippen LogP contribution is -2.32. The summed E-state index contributed by atoms with van der Waals surface area (Å²) in [4.78, 5) is 20.9. The van der Waals surface area contributed by atoms with Crippen LogP contribution in [0.25, 0.3) is 27.8 Å². The number of nitriles is 1. The van der Waals surface area contributed by atoms with Gasteiger partial charge in [-0.05, 0) is 32.6 Å². The van der Waals surface area contributed by atoms with Gasteiger partial charge in [0.2, 0.25) is 5.91 Å². The summed E-state index contributed by atoms with van der Waals surface area (Å²) in [6.07, 6.45) is 9.77. The van der Waals surface area contributed by atoms with Crippen molar-refractivity contribution in [1.29, 1.82) is 5.26 Å². The van der Waals surface area contributed by atoms with Crippen LogP contribution in [0.5, 0.6) is 0 Å². The molecule has 0 saturated heterocycles. The van der Waals surface area contributed by atoms with Crippen LogP contribution in [-0.2, 0) is 4.79 Å². The van der Waals surface area contributed by atoms with Crippen molar-refractivity contribution >= 4 is 39.9 Å². The first-order valence-electron chi connectivity index (χ1n) is 11.1. The van der Waals surface area contributed by atoms with Crippen LogP contribution >= 0.6 is 11.6 Å². The lowest BCUT2D eigenvalue weighted by Gasteiger charge is -2.21. The monoisotopic (exact) mass is 478 g/mol. The minimum atomic E-state index is -0.621. The maximum absolute atomic E-state index is 15.7. The highest BCUT2D eigenvalue weighted by Gasteiger charge is 2.44. The molecule has 0 spiro atoms. The van der Waals surface area contributed by atoms with E-state index in [-0.39, 0.29) is 16.8 Å². The predicted molar refractivity (Wildman–Crippen MR) is 124 cm³/mol. The first-order chi connectivity index (χ1) is 16.4. The van der Waals surface area contributed by atoms with Crippen molar-refractivity contribution < 1.29 is 9.18 Å². The molecule has 2 aliphatic rings. The number of hydrogen-bond acceptors (Lipinski definition) is 6. The number of fused-ring (bicyclic) bond motifs is 2. The smallest absolute Gasteiger partial charge is 0.228 e. The zero-order chi connectivity index (χ0) is 23.6. The summed E-state index contributed by atoms with van der Waals surface area (Å²) in [6, 6.07) is 1.81. The number of aromatic amines is 1. The second-order valence-electron chi connectivity index (χ2n) is 9.06. The van der Waals surface area contributed by atoms with Crippen LogP contribution < -0.4 is 10.6 Å². The average Bonchev–Trinajstić information content (AvgIpc) is 3.72. The first kappa shape index (κ1) is 21.0. The van der Waals surface area contributed by atoms with Crippen LogP contribution in [0, 0.1) is 23.1 Å². The molecule has 172 valence electrons. The molecule has 0 radical (unpaired) electrons. The Bertz CT molecular complexity index is 1510. The second kappa shape index (κ2) is 7.48. The van der Waals surface area contributed by atoms with Gasteiger partial charge in [0, 0.05) is 34.7 Å². The molecule has 1 amide bonds. The Kier molecular flexibility index (Phi) is 4.62. The number of nitrogens with one attached hydrogen (secondary N) is 3. The van der Waals surface area contributed by atoms with Crippen molar-refractivity contribution in [3.8, 4) is 17.3 Å². The molecule has 3 heterocycles. The summed E-state index contributed by atoms with van der Waals surface area (Å²) in [5.41, 5.74) is 1.58. The van der Waals surface area contributed by atoms with Crippen LogP contribution in [0.3, 0.4) is 0 Å². The number of imidazole rings is 1. The van der Waals surface area contributed by atoms with Gasteiger partial charge in [-0.3, -0.25) is 20.2 Å². The Labute approximate surface area is 198 Å². The molecule has 0 aliphatic heterocycles. The van der Waals surface area contributed by atoms with Crippen LogP contribution in [0.2, 0.25) is 5.02 Å². The minimum absolute atomic E-state index is 0.0375. The number of carbonyl (C=O) groups is 1. The molecule has 3 aromatic heterocycles. The van der Waals surface area contributed by atoms with Crippen LogP contribution in [-0.4, -0.2) is 36.0 Å². The van der Waals surface area contributed by atoms with Gasteiger partial charge in [-0.1, -0.05) is 11.6 Å². The lowest BCUT2D eigenvalue weighted by atomic mass is 9.98. The van der Waals surface area contributed by atoms with Gasteiger partial charge < -0.3 is 9.72 Å². The highest BCUT2D eigenvalue weighted by Crippen LogP contribution is 2.43. The van der Waals surface area contributed by atoms with Crippen molar-refractivity contribution in [2.75, 3.05) is 5.32 Å². The average molecular weight is 479 g/mol. The number of aromatic nitrogens is 5. The number of nitrogens with zero attached hydrogens (tertiary/aromatic N) is 5. The molecule has 9 nitrogen and oxygen atoms in total. The van der Waals surface area contributed by atoms with Crippen molar-refractivity contribution in [1.82, 2.24) is 29.9 Å². The van der Waals surface area contributed by atoms with Crippen molar-refractivity contribution in [3.63, 3.8) is 0 Å². The van der Waals surface area contributed by atoms with Crippen LogP contribution in [0.15, 0.2) is 24.8 Å². The molecular formula is C23H20ClFN8O. The largest absolute Gasteiger partial charge is 0.309 e. The summed E-state index contributed by atoms with van der Waals surface area (Å²) in [5.74, 6) is -0.132. The summed E-state index contributed by atoms with van der Waals surface area (Å²) >= 11 is 6.57. The molecule has 6 rings (SSSR count). The zero-order valence-electron chi connectivity index (χ0n) is 18.2. The molecule has 3 N–H and O–H groups in total. The number of benzene rings is 1. The Hall–Kier alpha value is -3.55. The lowest BCUT2D eigenvalue weighted by molar-refractivity contribution is -0.117. The minimum Gasteiger partial charge on any atom is -0.309 e. The summed E-state index contributed by atoms with van der Waals surface area (Å²) in [5, 5.41) is 23.0. The van der Waals surface area contributed by atoms with E-state index in [2.05, 4.69) is 36.9 Å². The SMILES string of the molecule is CC(NC1(C#N)CC1)c1c(F)c(Cl)c(-c2cn3cc(NC(=O)C4CC4)nc3cn2)c2cn[nH]c12. The topological polar surface area (TPSA) is 124 Å². The zero-order valence-corrected chi connectivity index (χ0v) is 18.9. The molecular weight excluding hydrogens is 459 g/mol. The molecule has 2 aliphatic carbocycles. The fourth-order valence-corrected chi connectivity index (χ4v) is 4.66. The van der Waals surface area contributed by atoms with E-state index in [0.717, 1.165) is 25.7 Å². The molecule has 1 aromatic carbocycles. The molecule has 1 atom stereocenters. The highest BCUT2D eigenvalue weighted by atomic mass is 35.5. The highest BCUT2D eigenvalue weighted by molar-refractivity contribution is 6.35. The molecule has 11 heteroatoms. The fourth-order valence-electron chi connectivity index (χ4n) is 4.36. The van der Waals surface area contributed by atoms with E-state index in [0.29, 0.717) is 39.2 Å². The number of amides is 1. The Morgan fingerprint density at radius 2 is 2.18 bits per heavy atom. The van der Waals surface area contributed by atoms with E-state index in [9.17, 15) is 10.1 Å². The third kappa shape index (κ3) is 3.40. The second-order valence-corrected chi connectivity index (χ2v) is 9.44. The molecule has 2 fully saturated rings. The first-order valence-corrected chi connectivity index (χ1v) is 11.5. The Balaban J connectivity index is 1.41. The molecule has 34 heavy (non-hydrogen) atoms. The molecule has 0 bridgehead atoms. The van der Waals surface area contributed by atoms with Gasteiger partial charge in [0.25, 0.3) is 0 Å². The van der Waals surface area contributed by atoms with Crippen LogP contribution in [0.4, 0.5) is 10.2 Å². The van der Waals surface area contributed by atoms with E-state index < -0.39 is 17.4 Å². The standard InChI is InChI=1S/C23H20ClFN8O/c1-11(31-23(10-26)4-5-23)17-20(25)19(24)18(13-6-28-32-21(13)17)14-8-33-9-15(29-16(33)7-27-14)30-22(34)12-2-3-12/h6-9,11-12,31H,2-5H2,1H3,(H,28,32)(H,30,34). The number of carbonyl (C=O) groups excluding carboxylic acids is 1. The van der Waals surface area contributed by atoms with E-state index in [1.165, 1.54) is 0 Å². The third-order valence-corrected chi connectivity index (χ3v) is 6.87. The number of halogens is 2. The normalized spacial score (nSPS) is 17.6. The summed E-state index contributed by atoms with van der Waals surface area (Å²) in [6.45, 7) is 1.80. The predicted octanol–water partition coefficient (Wildman–Crippen LogP) is 4.12. The van der Waals surface area contributed by atoms with Crippen molar-refractivity contribution in [2.45, 2.75) is 44.2 Å². The fraction of sp³-hybridized carbons (Fsp3) is 0.348. The van der Waals surface area contributed by atoms with E-state index in [1.807, 2.05) is 0 Å². The van der Waals surface area contributed by atoms with Gasteiger partial charge in [-0.25, -0.2) is 9.37 Å². The Morgan fingerprint density at radius 3 is 2.88 bits per heavy atom. The Morgan fingerprint density at radius 1 is 1.38 bits per heavy atom. The number of anilines is 1. The number of rotatable bonds is 6. The van der Waals surface area contributed by atoms with Gasteiger partial charge in [-0.15, -0.1) is 0 Å². The van der Waals surface area contributed by atoms with Crippen molar-refractivity contribution in [2.24, 2.45) is 5.92 Å². The molecule has 1 unspecified atom stereocenters.